The molecule has 1 aromatic rings. The van der Waals surface area contributed by atoms with Gasteiger partial charge in [0.05, 0.1) is 5.69 Å². The molecule has 0 aliphatic rings. The summed E-state index contributed by atoms with van der Waals surface area (Å²) in [5, 5.41) is 6.52. The molecule has 1 rings (SSSR count). The Labute approximate surface area is 47.3 Å². The van der Waals surface area contributed by atoms with Crippen LogP contribution in [0.2, 0.25) is 0 Å². The quantitative estimate of drug-likeness (QED) is 0.477. The van der Waals surface area contributed by atoms with E-state index < -0.39 is 0 Å². The van der Waals surface area contributed by atoms with Crippen LogP contribution in [0, 0.1) is 6.92 Å². The van der Waals surface area contributed by atoms with Crippen LogP contribution in [0.4, 0.5) is 0 Å². The number of aryl methyl sites for hydroxylation is 1. The SMILES string of the molecule is Cc1[nH]ncc1[SH2+]. The Morgan fingerprint density at radius 3 is 2.71 bits per heavy atom. The van der Waals surface area contributed by atoms with Crippen molar-refractivity contribution in [2.45, 2.75) is 11.8 Å². The standard InChI is InChI=1S/C4H6N2S/c1-3-4(7)2-5-6-3/h2,7H,1H3,(H,5,6)/p+1. The first-order valence-electron chi connectivity index (χ1n) is 2.02. The van der Waals surface area contributed by atoms with Crippen molar-refractivity contribution in [2.75, 3.05) is 0 Å². The second kappa shape index (κ2) is 1.58. The lowest BCUT2D eigenvalue weighted by atomic mass is 10.5. The Kier molecular flexibility index (Phi) is 1.06. The zero-order chi connectivity index (χ0) is 5.28. The van der Waals surface area contributed by atoms with Crippen molar-refractivity contribution in [3.05, 3.63) is 11.9 Å². The summed E-state index contributed by atoms with van der Waals surface area (Å²) in [4.78, 5) is 1.03. The van der Waals surface area contributed by atoms with Gasteiger partial charge in [-0.1, -0.05) is 0 Å². The topological polar surface area (TPSA) is 28.7 Å². The fourth-order valence-electron chi connectivity index (χ4n) is 0.351. The van der Waals surface area contributed by atoms with Crippen LogP contribution in [-0.4, -0.2) is 10.2 Å². The highest BCUT2D eigenvalue weighted by Gasteiger charge is 1.95. The average molecular weight is 115 g/mol. The minimum absolute atomic E-state index is 1.03. The first-order chi connectivity index (χ1) is 3.30. The molecular weight excluding hydrogens is 108 g/mol. The molecule has 2 nitrogen and oxygen atoms in total. The molecule has 0 atom stereocenters. The molecule has 7 heavy (non-hydrogen) atoms. The molecular formula is C4H7N2S+. The average Bonchev–Trinajstić information content (AvgIpc) is 1.91. The molecule has 1 aromatic heterocycles. The molecule has 0 unspecified atom stereocenters. The summed E-state index contributed by atoms with van der Waals surface area (Å²) in [5.74, 6) is 0. The van der Waals surface area contributed by atoms with Gasteiger partial charge in [0.15, 0.2) is 4.90 Å². The molecule has 0 amide bonds. The van der Waals surface area contributed by atoms with E-state index in [4.69, 9.17) is 0 Å². The van der Waals surface area contributed by atoms with Crippen molar-refractivity contribution in [1.82, 2.24) is 10.2 Å². The first kappa shape index (κ1) is 4.71. The van der Waals surface area contributed by atoms with Crippen molar-refractivity contribution < 1.29 is 0 Å². The zero-order valence-corrected chi connectivity index (χ0v) is 5.02. The fraction of sp³-hybridized carbons (Fsp3) is 0.250. The lowest BCUT2D eigenvalue weighted by Crippen LogP contribution is -1.70. The molecule has 0 fully saturated rings. The third-order valence-electron chi connectivity index (χ3n) is 0.830. The Bertz CT molecular complexity index is 142. The maximum atomic E-state index is 3.75. The van der Waals surface area contributed by atoms with Crippen LogP contribution < -0.4 is 0 Å². The molecule has 0 aliphatic heterocycles. The Morgan fingerprint density at radius 2 is 2.57 bits per heavy atom. The van der Waals surface area contributed by atoms with E-state index in [0.29, 0.717) is 0 Å². The molecule has 0 aromatic carbocycles. The Morgan fingerprint density at radius 1 is 1.86 bits per heavy atom. The van der Waals surface area contributed by atoms with Gasteiger partial charge in [0.25, 0.3) is 0 Å². The van der Waals surface area contributed by atoms with Crippen molar-refractivity contribution >= 4 is 12.6 Å². The van der Waals surface area contributed by atoms with Crippen molar-refractivity contribution in [3.8, 4) is 0 Å². The van der Waals surface area contributed by atoms with Gasteiger partial charge >= 0.3 is 0 Å². The van der Waals surface area contributed by atoms with E-state index in [1.54, 1.807) is 6.20 Å². The van der Waals surface area contributed by atoms with Crippen LogP contribution in [0.3, 0.4) is 0 Å². The van der Waals surface area contributed by atoms with E-state index in [1.807, 2.05) is 6.92 Å². The van der Waals surface area contributed by atoms with Crippen molar-refractivity contribution in [2.24, 2.45) is 0 Å². The summed E-state index contributed by atoms with van der Waals surface area (Å²) < 4.78 is 0. The molecule has 0 bridgehead atoms. The van der Waals surface area contributed by atoms with Gasteiger partial charge in [-0.2, -0.15) is 5.10 Å². The normalized spacial score (nSPS) is 9.43. The number of H-pyrrole nitrogens is 1. The molecule has 0 spiro atoms. The van der Waals surface area contributed by atoms with Crippen LogP contribution in [0.5, 0.6) is 0 Å². The summed E-state index contributed by atoms with van der Waals surface area (Å²) >= 11 is 3.32. The van der Waals surface area contributed by atoms with E-state index in [0.717, 1.165) is 10.6 Å². The van der Waals surface area contributed by atoms with Crippen molar-refractivity contribution in [1.29, 1.82) is 0 Å². The molecule has 0 radical (unpaired) electrons. The number of rotatable bonds is 0. The minimum Gasteiger partial charge on any atom is -0.278 e. The summed E-state index contributed by atoms with van der Waals surface area (Å²) in [7, 11) is 0. The molecule has 0 saturated carbocycles. The van der Waals surface area contributed by atoms with Crippen LogP contribution >= 0.6 is 0 Å². The smallest absolute Gasteiger partial charge is 0.190 e. The molecule has 1 heterocycles. The van der Waals surface area contributed by atoms with Gasteiger partial charge in [0, 0.05) is 0 Å². The highest BCUT2D eigenvalue weighted by Crippen LogP contribution is 1.97. The van der Waals surface area contributed by atoms with Crippen molar-refractivity contribution in [3.63, 3.8) is 0 Å². The second-order valence-electron chi connectivity index (χ2n) is 1.41. The molecule has 38 valence electrons. The third kappa shape index (κ3) is 0.771. The summed E-state index contributed by atoms with van der Waals surface area (Å²) in [6, 6.07) is 0. The predicted molar refractivity (Wildman–Crippen MR) is 31.7 cm³/mol. The minimum atomic E-state index is 1.03. The number of aromatic amines is 1. The van der Waals surface area contributed by atoms with Crippen LogP contribution in [0.25, 0.3) is 0 Å². The zero-order valence-electron chi connectivity index (χ0n) is 4.02. The molecule has 0 aliphatic carbocycles. The molecule has 1 N–H and O–H groups in total. The second-order valence-corrected chi connectivity index (χ2v) is 1.95. The van der Waals surface area contributed by atoms with Crippen LogP contribution in [-0.2, 0) is 12.6 Å². The number of nitrogens with one attached hydrogen (secondary N) is 1. The van der Waals surface area contributed by atoms with Gasteiger partial charge in [0.2, 0.25) is 0 Å². The molecule has 0 saturated heterocycles. The predicted octanol–water partition coefficient (Wildman–Crippen LogP) is 0.0885. The lowest BCUT2D eigenvalue weighted by molar-refractivity contribution is 1.04. The van der Waals surface area contributed by atoms with E-state index in [2.05, 4.69) is 22.8 Å². The largest absolute Gasteiger partial charge is 0.278 e. The summed E-state index contributed by atoms with van der Waals surface area (Å²) in [5.41, 5.74) is 1.07. The van der Waals surface area contributed by atoms with Gasteiger partial charge in [-0.3, -0.25) is 5.10 Å². The van der Waals surface area contributed by atoms with Gasteiger partial charge in [-0.05, 0) is 19.6 Å². The van der Waals surface area contributed by atoms with Gasteiger partial charge < -0.3 is 0 Å². The van der Waals surface area contributed by atoms with E-state index in [1.165, 1.54) is 0 Å². The number of hydrogen-bond acceptors (Lipinski definition) is 1. The van der Waals surface area contributed by atoms with E-state index >= 15 is 0 Å². The maximum Gasteiger partial charge on any atom is 0.190 e. The monoisotopic (exact) mass is 115 g/mol. The summed E-state index contributed by atoms with van der Waals surface area (Å²) in [6.45, 7) is 1.95. The molecule has 3 heteroatoms. The van der Waals surface area contributed by atoms with E-state index in [9.17, 15) is 0 Å². The summed E-state index contributed by atoms with van der Waals surface area (Å²) in [6.07, 6.45) is 1.73. The van der Waals surface area contributed by atoms with Gasteiger partial charge in [0.1, 0.15) is 6.20 Å². The lowest BCUT2D eigenvalue weighted by Gasteiger charge is -1.71. The maximum absolute atomic E-state index is 3.75. The van der Waals surface area contributed by atoms with Crippen LogP contribution in [0.1, 0.15) is 5.69 Å². The fourth-order valence-corrected chi connectivity index (χ4v) is 0.471. The highest BCUT2D eigenvalue weighted by molar-refractivity contribution is 7.58. The first-order valence-corrected chi connectivity index (χ1v) is 2.52. The number of nitrogens with zero attached hydrogens (tertiary/aromatic N) is 1. The van der Waals surface area contributed by atoms with Gasteiger partial charge in [-0.25, -0.2) is 0 Å². The Balaban J connectivity index is 3.12. The number of hydrogen-bond donors (Lipinski definition) is 1. The highest BCUT2D eigenvalue weighted by atomic mass is 32.1. The van der Waals surface area contributed by atoms with Gasteiger partial charge in [-0.15, -0.1) is 0 Å². The third-order valence-corrected chi connectivity index (χ3v) is 1.33. The van der Waals surface area contributed by atoms with Crippen LogP contribution in [0.15, 0.2) is 11.1 Å². The van der Waals surface area contributed by atoms with E-state index in [-0.39, 0.29) is 0 Å². The number of aromatic nitrogens is 2. The Hall–Kier alpha value is -0.440.